The topological polar surface area (TPSA) is 91.8 Å². The van der Waals surface area contributed by atoms with Crippen LogP contribution in [0.5, 0.6) is 0 Å². The normalized spacial score (nSPS) is 17.9. The van der Waals surface area contributed by atoms with Gasteiger partial charge in [-0.25, -0.2) is 8.42 Å². The van der Waals surface area contributed by atoms with Crippen LogP contribution in [0, 0.1) is 0 Å². The van der Waals surface area contributed by atoms with Crippen molar-refractivity contribution in [2.75, 3.05) is 23.5 Å². The molecule has 0 radical (unpaired) electrons. The van der Waals surface area contributed by atoms with Gasteiger partial charge in [-0.15, -0.1) is 0 Å². The number of hydrogen-bond donors (Lipinski definition) is 1. The summed E-state index contributed by atoms with van der Waals surface area (Å²) in [6, 6.07) is 6.99. The lowest BCUT2D eigenvalue weighted by molar-refractivity contribution is -0.137. The van der Waals surface area contributed by atoms with Gasteiger partial charge in [-0.3, -0.25) is 9.59 Å². The van der Waals surface area contributed by atoms with Gasteiger partial charge in [0.2, 0.25) is 5.91 Å². The molecule has 0 spiro atoms. The molecule has 7 heteroatoms. The molecule has 1 aromatic carbocycles. The molecule has 20 heavy (non-hydrogen) atoms. The van der Waals surface area contributed by atoms with Crippen LogP contribution in [0.15, 0.2) is 24.3 Å². The van der Waals surface area contributed by atoms with Crippen molar-refractivity contribution in [2.24, 2.45) is 0 Å². The summed E-state index contributed by atoms with van der Waals surface area (Å²) in [5.74, 6) is -2.33. The molecule has 1 aliphatic rings. The predicted octanol–water partition coefficient (Wildman–Crippen LogP) is 0.636. The lowest BCUT2D eigenvalue weighted by Gasteiger charge is -2.17. The Morgan fingerprint density at radius 1 is 1.35 bits per heavy atom. The Morgan fingerprint density at radius 3 is 2.60 bits per heavy atom. The minimum atomic E-state index is -3.41. The van der Waals surface area contributed by atoms with Gasteiger partial charge in [0.25, 0.3) is 0 Å². The summed E-state index contributed by atoms with van der Waals surface area (Å²) in [5.41, 5.74) is 1.38. The second-order valence-electron chi connectivity index (χ2n) is 4.93. The molecule has 0 fully saturated rings. The van der Waals surface area contributed by atoms with E-state index < -0.39 is 27.5 Å². The molecule has 1 unspecified atom stereocenters. The zero-order valence-electron chi connectivity index (χ0n) is 10.9. The third-order valence-corrected chi connectivity index (χ3v) is 3.95. The molecule has 1 aliphatic heterocycles. The van der Waals surface area contributed by atoms with Crippen molar-refractivity contribution in [2.45, 2.75) is 12.3 Å². The molecule has 1 heterocycles. The minimum absolute atomic E-state index is 0.0837. The third-order valence-electron chi connectivity index (χ3n) is 3.18. The average molecular weight is 297 g/mol. The number of anilines is 1. The van der Waals surface area contributed by atoms with E-state index in [0.29, 0.717) is 5.69 Å². The number of para-hydroxylation sites is 1. The van der Waals surface area contributed by atoms with E-state index >= 15 is 0 Å². The van der Waals surface area contributed by atoms with Crippen LogP contribution in [0.2, 0.25) is 0 Å². The summed E-state index contributed by atoms with van der Waals surface area (Å²) in [6.45, 7) is 0.208. The number of sulfone groups is 1. The van der Waals surface area contributed by atoms with Crippen LogP contribution in [0.4, 0.5) is 5.69 Å². The third kappa shape index (κ3) is 3.16. The molecule has 1 atom stereocenters. The van der Waals surface area contributed by atoms with Crippen molar-refractivity contribution >= 4 is 27.4 Å². The zero-order chi connectivity index (χ0) is 14.9. The second kappa shape index (κ2) is 5.24. The van der Waals surface area contributed by atoms with Crippen LogP contribution in [-0.2, 0) is 19.4 Å². The molecule has 2 rings (SSSR count). The Bertz CT molecular complexity index is 652. The summed E-state index contributed by atoms with van der Waals surface area (Å²) < 4.78 is 22.5. The van der Waals surface area contributed by atoms with Gasteiger partial charge in [0.1, 0.15) is 5.75 Å². The Labute approximate surface area is 116 Å². The number of carboxylic acid groups (broad SMARTS) is 1. The standard InChI is InChI=1S/C13H15NO5S/c1-20(18,19)8-12(15)14-7-9(6-13(16)17)10-4-2-3-5-11(10)14/h2-5,9H,6-8H2,1H3,(H,16,17). The van der Waals surface area contributed by atoms with Crippen LogP contribution in [-0.4, -0.2) is 44.0 Å². The number of benzene rings is 1. The zero-order valence-corrected chi connectivity index (χ0v) is 11.8. The fraction of sp³-hybridized carbons (Fsp3) is 0.385. The largest absolute Gasteiger partial charge is 0.481 e. The maximum atomic E-state index is 12.1. The van der Waals surface area contributed by atoms with E-state index in [-0.39, 0.29) is 18.9 Å². The number of fused-ring (bicyclic) bond motifs is 1. The van der Waals surface area contributed by atoms with Gasteiger partial charge in [-0.1, -0.05) is 18.2 Å². The highest BCUT2D eigenvalue weighted by atomic mass is 32.2. The highest BCUT2D eigenvalue weighted by Crippen LogP contribution is 2.37. The number of carbonyl (C=O) groups excluding carboxylic acids is 1. The summed E-state index contributed by atoms with van der Waals surface area (Å²) >= 11 is 0. The Kier molecular flexibility index (Phi) is 3.80. The van der Waals surface area contributed by atoms with Gasteiger partial charge >= 0.3 is 5.97 Å². The van der Waals surface area contributed by atoms with E-state index in [1.807, 2.05) is 0 Å². The molecule has 0 saturated heterocycles. The van der Waals surface area contributed by atoms with Crippen molar-refractivity contribution in [1.29, 1.82) is 0 Å². The van der Waals surface area contributed by atoms with E-state index in [1.165, 1.54) is 4.90 Å². The first-order valence-corrected chi connectivity index (χ1v) is 8.13. The van der Waals surface area contributed by atoms with Crippen molar-refractivity contribution in [3.05, 3.63) is 29.8 Å². The minimum Gasteiger partial charge on any atom is -0.481 e. The van der Waals surface area contributed by atoms with E-state index in [2.05, 4.69) is 0 Å². The van der Waals surface area contributed by atoms with Gasteiger partial charge in [0, 0.05) is 24.4 Å². The first kappa shape index (κ1) is 14.5. The van der Waals surface area contributed by atoms with E-state index in [1.54, 1.807) is 24.3 Å². The molecule has 0 bridgehead atoms. The lowest BCUT2D eigenvalue weighted by atomic mass is 9.98. The molecule has 1 aromatic rings. The molecule has 0 saturated carbocycles. The van der Waals surface area contributed by atoms with Gasteiger partial charge in [-0.05, 0) is 11.6 Å². The summed E-state index contributed by atoms with van der Waals surface area (Å²) in [7, 11) is -3.41. The average Bonchev–Trinajstić information content (AvgIpc) is 2.66. The molecule has 108 valence electrons. The Hall–Kier alpha value is -1.89. The van der Waals surface area contributed by atoms with Crippen LogP contribution in [0.3, 0.4) is 0 Å². The number of aliphatic carboxylic acids is 1. The van der Waals surface area contributed by atoms with Gasteiger partial charge in [-0.2, -0.15) is 0 Å². The van der Waals surface area contributed by atoms with Gasteiger partial charge in [0.15, 0.2) is 9.84 Å². The summed E-state index contributed by atoms with van der Waals surface area (Å²) in [4.78, 5) is 24.3. The smallest absolute Gasteiger partial charge is 0.304 e. The lowest BCUT2D eigenvalue weighted by Crippen LogP contribution is -2.34. The Balaban J connectivity index is 2.29. The highest BCUT2D eigenvalue weighted by molar-refractivity contribution is 7.91. The molecule has 6 nitrogen and oxygen atoms in total. The Morgan fingerprint density at radius 2 is 2.00 bits per heavy atom. The maximum absolute atomic E-state index is 12.1. The number of carbonyl (C=O) groups is 2. The fourth-order valence-corrected chi connectivity index (χ4v) is 3.02. The fourth-order valence-electron chi connectivity index (χ4n) is 2.42. The van der Waals surface area contributed by atoms with Crippen LogP contribution in [0.1, 0.15) is 17.9 Å². The van der Waals surface area contributed by atoms with Crippen molar-refractivity contribution in [1.82, 2.24) is 0 Å². The van der Waals surface area contributed by atoms with Gasteiger partial charge < -0.3 is 10.0 Å². The SMILES string of the molecule is CS(=O)(=O)CC(=O)N1CC(CC(=O)O)c2ccccc21. The number of amides is 1. The van der Waals surface area contributed by atoms with Crippen LogP contribution < -0.4 is 4.90 Å². The molecule has 0 aliphatic carbocycles. The first-order chi connectivity index (χ1) is 9.28. The summed E-state index contributed by atoms with van der Waals surface area (Å²) in [6.07, 6.45) is 0.918. The van der Waals surface area contributed by atoms with Crippen LogP contribution >= 0.6 is 0 Å². The highest BCUT2D eigenvalue weighted by Gasteiger charge is 2.34. The molecular weight excluding hydrogens is 282 g/mol. The van der Waals surface area contributed by atoms with Crippen molar-refractivity contribution in [3.8, 4) is 0 Å². The quantitative estimate of drug-likeness (QED) is 0.880. The van der Waals surface area contributed by atoms with E-state index in [0.717, 1.165) is 11.8 Å². The predicted molar refractivity (Wildman–Crippen MR) is 73.5 cm³/mol. The van der Waals surface area contributed by atoms with Crippen molar-refractivity contribution < 1.29 is 23.1 Å². The maximum Gasteiger partial charge on any atom is 0.304 e. The number of carboxylic acids is 1. The number of rotatable bonds is 4. The summed E-state index contributed by atoms with van der Waals surface area (Å²) in [5, 5.41) is 8.91. The van der Waals surface area contributed by atoms with Crippen LogP contribution in [0.25, 0.3) is 0 Å². The molecule has 1 N–H and O–H groups in total. The molecule has 1 amide bonds. The van der Waals surface area contributed by atoms with E-state index in [9.17, 15) is 18.0 Å². The first-order valence-electron chi connectivity index (χ1n) is 6.07. The molecular formula is C13H15NO5S. The van der Waals surface area contributed by atoms with Crippen molar-refractivity contribution in [3.63, 3.8) is 0 Å². The van der Waals surface area contributed by atoms with Gasteiger partial charge in [0.05, 0.1) is 6.42 Å². The molecule has 0 aromatic heterocycles. The van der Waals surface area contributed by atoms with E-state index in [4.69, 9.17) is 5.11 Å². The number of hydrogen-bond acceptors (Lipinski definition) is 4. The number of nitrogens with zero attached hydrogens (tertiary/aromatic N) is 1. The second-order valence-corrected chi connectivity index (χ2v) is 7.07. The monoisotopic (exact) mass is 297 g/mol.